The zero-order chi connectivity index (χ0) is 14.9. The molecule has 0 aromatic heterocycles. The lowest BCUT2D eigenvalue weighted by Crippen LogP contribution is -2.57. The Morgan fingerprint density at radius 1 is 1.05 bits per heavy atom. The summed E-state index contributed by atoms with van der Waals surface area (Å²) < 4.78 is 0. The summed E-state index contributed by atoms with van der Waals surface area (Å²) in [6.45, 7) is 0. The van der Waals surface area contributed by atoms with E-state index in [9.17, 15) is 14.7 Å². The van der Waals surface area contributed by atoms with Gasteiger partial charge in [-0.3, -0.25) is 4.79 Å². The monoisotopic (exact) mass is 287 g/mol. The Morgan fingerprint density at radius 3 is 2.14 bits per heavy atom. The van der Waals surface area contributed by atoms with E-state index in [1.807, 2.05) is 12.1 Å². The third-order valence-electron chi connectivity index (χ3n) is 4.90. The number of fused-ring (bicyclic) bond motifs is 1. The van der Waals surface area contributed by atoms with Gasteiger partial charge in [0.05, 0.1) is 0 Å². The van der Waals surface area contributed by atoms with Crippen molar-refractivity contribution in [3.8, 4) is 0 Å². The second-order valence-electron chi connectivity index (χ2n) is 6.31. The molecule has 1 saturated carbocycles. The zero-order valence-corrected chi connectivity index (χ0v) is 12.1. The number of hydrogen-bond donors (Lipinski definition) is 2. The highest BCUT2D eigenvalue weighted by Gasteiger charge is 2.42. The first kappa shape index (κ1) is 14.1. The molecule has 4 nitrogen and oxygen atoms in total. The van der Waals surface area contributed by atoms with Crippen LogP contribution in [0.2, 0.25) is 0 Å². The molecule has 0 heterocycles. The largest absolute Gasteiger partial charge is 0.480 e. The van der Waals surface area contributed by atoms with E-state index in [0.717, 1.165) is 32.1 Å². The predicted octanol–water partition coefficient (Wildman–Crippen LogP) is 2.31. The van der Waals surface area contributed by atoms with Gasteiger partial charge in [-0.25, -0.2) is 4.79 Å². The highest BCUT2D eigenvalue weighted by molar-refractivity contribution is 5.88. The Morgan fingerprint density at radius 2 is 1.62 bits per heavy atom. The van der Waals surface area contributed by atoms with Crippen LogP contribution in [0.3, 0.4) is 0 Å². The van der Waals surface area contributed by atoms with E-state index in [1.54, 1.807) is 0 Å². The van der Waals surface area contributed by atoms with Crippen molar-refractivity contribution in [1.29, 1.82) is 0 Å². The maximum absolute atomic E-state index is 12.5. The highest BCUT2D eigenvalue weighted by Crippen LogP contribution is 2.31. The minimum Gasteiger partial charge on any atom is -0.480 e. The van der Waals surface area contributed by atoms with Crippen LogP contribution in [0.4, 0.5) is 0 Å². The highest BCUT2D eigenvalue weighted by atomic mass is 16.4. The number of carboxylic acid groups (broad SMARTS) is 1. The average molecular weight is 287 g/mol. The lowest BCUT2D eigenvalue weighted by Gasteiger charge is -2.34. The second kappa shape index (κ2) is 5.51. The van der Waals surface area contributed by atoms with Gasteiger partial charge in [0.1, 0.15) is 5.54 Å². The molecule has 1 fully saturated rings. The third-order valence-corrected chi connectivity index (χ3v) is 4.90. The van der Waals surface area contributed by atoms with Crippen LogP contribution in [0.5, 0.6) is 0 Å². The summed E-state index contributed by atoms with van der Waals surface area (Å²) in [5, 5.41) is 12.4. The minimum atomic E-state index is -1.04. The van der Waals surface area contributed by atoms with Gasteiger partial charge in [0.15, 0.2) is 0 Å². The number of hydrogen-bond acceptors (Lipinski definition) is 2. The predicted molar refractivity (Wildman–Crippen MR) is 78.9 cm³/mol. The maximum atomic E-state index is 12.5. The van der Waals surface area contributed by atoms with Crippen molar-refractivity contribution in [3.05, 3.63) is 35.4 Å². The fourth-order valence-electron chi connectivity index (χ4n) is 3.63. The average Bonchev–Trinajstić information content (AvgIpc) is 2.92. The van der Waals surface area contributed by atoms with Gasteiger partial charge in [-0.2, -0.15) is 0 Å². The van der Waals surface area contributed by atoms with Crippen LogP contribution < -0.4 is 5.32 Å². The number of rotatable bonds is 3. The van der Waals surface area contributed by atoms with Gasteiger partial charge in [0, 0.05) is 5.92 Å². The molecule has 0 unspecified atom stereocenters. The first-order valence-corrected chi connectivity index (χ1v) is 7.73. The van der Waals surface area contributed by atoms with Gasteiger partial charge < -0.3 is 10.4 Å². The van der Waals surface area contributed by atoms with Gasteiger partial charge in [-0.05, 0) is 36.8 Å². The van der Waals surface area contributed by atoms with Crippen LogP contribution in [0, 0.1) is 5.92 Å². The van der Waals surface area contributed by atoms with E-state index in [0.29, 0.717) is 12.8 Å². The molecule has 0 bridgehead atoms. The molecule has 0 saturated heterocycles. The number of aliphatic carboxylic acids is 1. The lowest BCUT2D eigenvalue weighted by atomic mass is 9.81. The number of nitrogens with one attached hydrogen (secondary N) is 1. The lowest BCUT2D eigenvalue weighted by molar-refractivity contribution is -0.150. The van der Waals surface area contributed by atoms with E-state index < -0.39 is 11.5 Å². The Bertz CT molecular complexity index is 536. The quantitative estimate of drug-likeness (QED) is 0.896. The Balaban J connectivity index is 1.70. The molecule has 1 amide bonds. The SMILES string of the molecule is O=C(NC1(C(=O)O)CCCCC1)C1Cc2ccccc2C1. The van der Waals surface area contributed by atoms with Crippen molar-refractivity contribution < 1.29 is 14.7 Å². The van der Waals surface area contributed by atoms with Gasteiger partial charge in [0.2, 0.25) is 5.91 Å². The summed E-state index contributed by atoms with van der Waals surface area (Å²) in [7, 11) is 0. The summed E-state index contributed by atoms with van der Waals surface area (Å²) in [5.41, 5.74) is 1.39. The van der Waals surface area contributed by atoms with E-state index in [4.69, 9.17) is 0 Å². The van der Waals surface area contributed by atoms with Gasteiger partial charge in [-0.15, -0.1) is 0 Å². The molecule has 2 N–H and O–H groups in total. The normalized spacial score (nSPS) is 20.8. The van der Waals surface area contributed by atoms with E-state index >= 15 is 0 Å². The summed E-state index contributed by atoms with van der Waals surface area (Å²) >= 11 is 0. The van der Waals surface area contributed by atoms with Gasteiger partial charge in [-0.1, -0.05) is 43.5 Å². The number of benzene rings is 1. The van der Waals surface area contributed by atoms with E-state index in [-0.39, 0.29) is 11.8 Å². The van der Waals surface area contributed by atoms with Gasteiger partial charge >= 0.3 is 5.97 Å². The molecule has 1 aromatic rings. The Labute approximate surface area is 124 Å². The number of carbonyl (C=O) groups excluding carboxylic acids is 1. The van der Waals surface area contributed by atoms with Gasteiger partial charge in [0.25, 0.3) is 0 Å². The Hall–Kier alpha value is -1.84. The van der Waals surface area contributed by atoms with Crippen LogP contribution in [0.25, 0.3) is 0 Å². The summed E-state index contributed by atoms with van der Waals surface area (Å²) in [6, 6.07) is 8.07. The fourth-order valence-corrected chi connectivity index (χ4v) is 3.63. The van der Waals surface area contributed by atoms with Crippen LogP contribution in [-0.4, -0.2) is 22.5 Å². The topological polar surface area (TPSA) is 66.4 Å². The summed E-state index contributed by atoms with van der Waals surface area (Å²) in [6.07, 6.45) is 5.34. The fraction of sp³-hybridized carbons (Fsp3) is 0.529. The standard InChI is InChI=1S/C17H21NO3/c19-15(14-10-12-6-2-3-7-13(12)11-14)18-17(16(20)21)8-4-1-5-9-17/h2-3,6-7,14H,1,4-5,8-11H2,(H,18,19)(H,20,21). The second-order valence-corrected chi connectivity index (χ2v) is 6.31. The van der Waals surface area contributed by atoms with Crippen molar-refractivity contribution in [1.82, 2.24) is 5.32 Å². The molecule has 1 aromatic carbocycles. The van der Waals surface area contributed by atoms with Crippen molar-refractivity contribution in [2.75, 3.05) is 0 Å². The van der Waals surface area contributed by atoms with Crippen molar-refractivity contribution in [2.45, 2.75) is 50.5 Å². The number of carbonyl (C=O) groups is 2. The summed E-state index contributed by atoms with van der Waals surface area (Å²) in [5.74, 6) is -1.11. The van der Waals surface area contributed by atoms with Crippen LogP contribution in [-0.2, 0) is 22.4 Å². The van der Waals surface area contributed by atoms with Crippen LogP contribution >= 0.6 is 0 Å². The smallest absolute Gasteiger partial charge is 0.329 e. The third kappa shape index (κ3) is 2.67. The van der Waals surface area contributed by atoms with Crippen molar-refractivity contribution >= 4 is 11.9 Å². The maximum Gasteiger partial charge on any atom is 0.329 e. The van der Waals surface area contributed by atoms with E-state index in [1.165, 1.54) is 11.1 Å². The minimum absolute atomic E-state index is 0.101. The summed E-state index contributed by atoms with van der Waals surface area (Å²) in [4.78, 5) is 24.1. The molecule has 2 aliphatic carbocycles. The number of amides is 1. The molecule has 0 spiro atoms. The van der Waals surface area contributed by atoms with Crippen LogP contribution in [0.1, 0.15) is 43.2 Å². The first-order chi connectivity index (χ1) is 10.1. The zero-order valence-electron chi connectivity index (χ0n) is 12.1. The first-order valence-electron chi connectivity index (χ1n) is 7.73. The van der Waals surface area contributed by atoms with E-state index in [2.05, 4.69) is 17.4 Å². The molecule has 0 radical (unpaired) electrons. The molecule has 0 aliphatic heterocycles. The molecule has 2 aliphatic rings. The van der Waals surface area contributed by atoms with Crippen molar-refractivity contribution in [3.63, 3.8) is 0 Å². The Kier molecular flexibility index (Phi) is 3.70. The van der Waals surface area contributed by atoms with Crippen molar-refractivity contribution in [2.24, 2.45) is 5.92 Å². The molecular weight excluding hydrogens is 266 g/mol. The molecule has 112 valence electrons. The molecular formula is C17H21NO3. The molecule has 3 rings (SSSR count). The number of carboxylic acids is 1. The van der Waals surface area contributed by atoms with Crippen LogP contribution in [0.15, 0.2) is 24.3 Å². The molecule has 21 heavy (non-hydrogen) atoms. The molecule has 0 atom stereocenters. The molecule has 4 heteroatoms.